The molecule has 1 aromatic carbocycles. The number of nitrogens with one attached hydrogen (secondary N) is 1. The third kappa shape index (κ3) is 3.75. The Labute approximate surface area is 175 Å². The van der Waals surface area contributed by atoms with Gasteiger partial charge in [0.2, 0.25) is 0 Å². The summed E-state index contributed by atoms with van der Waals surface area (Å²) in [6.07, 6.45) is 1.98. The quantitative estimate of drug-likeness (QED) is 0.570. The molecule has 1 aliphatic heterocycles. The first-order valence-electron chi connectivity index (χ1n) is 9.36. The maximum Gasteiger partial charge on any atom is 0.174 e. The zero-order valence-corrected chi connectivity index (χ0v) is 17.8. The average molecular weight is 410 g/mol. The Balaban J connectivity index is 1.73. The summed E-state index contributed by atoms with van der Waals surface area (Å²) >= 11 is 7.55. The predicted octanol–water partition coefficient (Wildman–Crippen LogP) is 5.42. The van der Waals surface area contributed by atoms with Gasteiger partial charge < -0.3 is 15.0 Å². The lowest BCUT2D eigenvalue weighted by atomic mass is 10.0. The van der Waals surface area contributed by atoms with Crippen molar-refractivity contribution in [2.24, 2.45) is 0 Å². The molecule has 4 nitrogen and oxygen atoms in total. The number of thiophene rings is 1. The molecule has 1 fully saturated rings. The van der Waals surface area contributed by atoms with Crippen LogP contribution in [0.1, 0.15) is 41.4 Å². The Morgan fingerprint density at radius 1 is 1.11 bits per heavy atom. The Morgan fingerprint density at radius 3 is 2.50 bits per heavy atom. The summed E-state index contributed by atoms with van der Waals surface area (Å²) in [5, 5.41) is 4.21. The van der Waals surface area contributed by atoms with Crippen molar-refractivity contribution in [1.29, 1.82) is 0 Å². The Hall–Kier alpha value is -2.44. The fourth-order valence-electron chi connectivity index (χ4n) is 3.49. The van der Waals surface area contributed by atoms with Crippen LogP contribution >= 0.6 is 23.6 Å². The van der Waals surface area contributed by atoms with E-state index < -0.39 is 0 Å². The highest BCUT2D eigenvalue weighted by Gasteiger charge is 2.41. The zero-order valence-electron chi connectivity index (χ0n) is 16.1. The number of anilines is 1. The standard InChI is InChI=1S/C22H23N3OS2/c1-14(2)26-17-10-8-16(9-11-17)25-21(19-12-7-15(3)28-19)20(24-22(25)27)18-6-4-5-13-23-18/h4-14,20-21H,1-3H3,(H,24,27)/t20-,21+/m1/s1. The van der Waals surface area contributed by atoms with Crippen molar-refractivity contribution in [2.45, 2.75) is 39.0 Å². The fraction of sp³-hybridized carbons (Fsp3) is 0.273. The van der Waals surface area contributed by atoms with Crippen LogP contribution in [0.2, 0.25) is 0 Å². The SMILES string of the molecule is Cc1ccc([C@H]2[C@@H](c3ccccn3)NC(=S)N2c2ccc(OC(C)C)cc2)s1. The molecule has 1 aliphatic rings. The van der Waals surface area contributed by atoms with E-state index in [9.17, 15) is 0 Å². The molecule has 0 spiro atoms. The number of hydrogen-bond acceptors (Lipinski definition) is 4. The minimum atomic E-state index is -0.00154. The fourth-order valence-corrected chi connectivity index (χ4v) is 4.84. The van der Waals surface area contributed by atoms with Gasteiger partial charge in [-0.05, 0) is 81.5 Å². The molecule has 2 aromatic heterocycles. The molecule has 144 valence electrons. The van der Waals surface area contributed by atoms with Gasteiger partial charge in [-0.25, -0.2) is 0 Å². The number of aromatic nitrogens is 1. The van der Waals surface area contributed by atoms with E-state index in [1.54, 1.807) is 11.3 Å². The van der Waals surface area contributed by atoms with Gasteiger partial charge in [-0.15, -0.1) is 11.3 Å². The van der Waals surface area contributed by atoms with Crippen molar-refractivity contribution in [3.05, 3.63) is 76.2 Å². The number of nitrogens with zero attached hydrogens (tertiary/aromatic N) is 2. The number of aryl methyl sites for hydroxylation is 1. The highest BCUT2D eigenvalue weighted by Crippen LogP contribution is 2.43. The van der Waals surface area contributed by atoms with Crippen LogP contribution in [0, 0.1) is 6.92 Å². The molecule has 1 N–H and O–H groups in total. The van der Waals surface area contributed by atoms with Crippen molar-refractivity contribution in [1.82, 2.24) is 10.3 Å². The first-order valence-corrected chi connectivity index (χ1v) is 10.6. The van der Waals surface area contributed by atoms with Crippen LogP contribution in [-0.4, -0.2) is 16.2 Å². The number of hydrogen-bond donors (Lipinski definition) is 1. The Morgan fingerprint density at radius 2 is 1.89 bits per heavy atom. The minimum absolute atomic E-state index is 0.00154. The Kier molecular flexibility index (Phi) is 5.33. The van der Waals surface area contributed by atoms with E-state index in [4.69, 9.17) is 17.0 Å². The normalized spacial score (nSPS) is 19.1. The van der Waals surface area contributed by atoms with Crippen molar-refractivity contribution in [3.8, 4) is 5.75 Å². The lowest BCUT2D eigenvalue weighted by Gasteiger charge is -2.27. The van der Waals surface area contributed by atoms with Crippen LogP contribution in [-0.2, 0) is 0 Å². The first kappa shape index (κ1) is 18.9. The molecule has 0 unspecified atom stereocenters. The molecule has 0 radical (unpaired) electrons. The van der Waals surface area contributed by atoms with E-state index in [2.05, 4.69) is 52.5 Å². The van der Waals surface area contributed by atoms with Crippen LogP contribution in [0.15, 0.2) is 60.8 Å². The van der Waals surface area contributed by atoms with Gasteiger partial charge in [-0.2, -0.15) is 0 Å². The van der Waals surface area contributed by atoms with E-state index in [0.717, 1.165) is 17.1 Å². The molecule has 3 aromatic rings. The summed E-state index contributed by atoms with van der Waals surface area (Å²) < 4.78 is 5.79. The van der Waals surface area contributed by atoms with E-state index >= 15 is 0 Å². The summed E-state index contributed by atoms with van der Waals surface area (Å²) in [5.74, 6) is 0.863. The largest absolute Gasteiger partial charge is 0.491 e. The second-order valence-electron chi connectivity index (χ2n) is 7.11. The smallest absolute Gasteiger partial charge is 0.174 e. The molecular weight excluding hydrogens is 386 g/mol. The summed E-state index contributed by atoms with van der Waals surface area (Å²) in [4.78, 5) is 9.33. The topological polar surface area (TPSA) is 37.4 Å². The second kappa shape index (κ2) is 7.89. The molecule has 0 amide bonds. The maximum absolute atomic E-state index is 5.79. The molecule has 0 bridgehead atoms. The molecule has 28 heavy (non-hydrogen) atoms. The van der Waals surface area contributed by atoms with Gasteiger partial charge in [0.05, 0.1) is 23.9 Å². The molecule has 6 heteroatoms. The van der Waals surface area contributed by atoms with Crippen molar-refractivity contribution in [2.75, 3.05) is 4.90 Å². The highest BCUT2D eigenvalue weighted by molar-refractivity contribution is 7.80. The van der Waals surface area contributed by atoms with Gasteiger partial charge in [0.15, 0.2) is 5.11 Å². The van der Waals surface area contributed by atoms with E-state index in [1.165, 1.54) is 9.75 Å². The lowest BCUT2D eigenvalue weighted by molar-refractivity contribution is 0.242. The average Bonchev–Trinajstić information content (AvgIpc) is 3.26. The number of thiocarbonyl (C=S) groups is 1. The third-order valence-electron chi connectivity index (χ3n) is 4.64. The van der Waals surface area contributed by atoms with Gasteiger partial charge in [0.25, 0.3) is 0 Å². The molecule has 4 rings (SSSR count). The van der Waals surface area contributed by atoms with Crippen molar-refractivity contribution in [3.63, 3.8) is 0 Å². The van der Waals surface area contributed by atoms with E-state index in [1.807, 2.05) is 44.3 Å². The summed E-state index contributed by atoms with van der Waals surface area (Å²) in [6.45, 7) is 6.19. The van der Waals surface area contributed by atoms with Crippen molar-refractivity contribution < 1.29 is 4.74 Å². The van der Waals surface area contributed by atoms with Gasteiger partial charge in [-0.1, -0.05) is 6.07 Å². The molecule has 3 heterocycles. The van der Waals surface area contributed by atoms with Crippen LogP contribution in [0.4, 0.5) is 5.69 Å². The number of rotatable bonds is 5. The number of benzene rings is 1. The highest BCUT2D eigenvalue weighted by atomic mass is 32.1. The van der Waals surface area contributed by atoms with Crippen molar-refractivity contribution >= 4 is 34.4 Å². The first-order chi connectivity index (χ1) is 13.5. The minimum Gasteiger partial charge on any atom is -0.491 e. The number of pyridine rings is 1. The summed E-state index contributed by atoms with van der Waals surface area (Å²) in [6, 6.07) is 18.6. The molecular formula is C22H23N3OS2. The van der Waals surface area contributed by atoms with Crippen LogP contribution in [0.25, 0.3) is 0 Å². The lowest BCUT2D eigenvalue weighted by Crippen LogP contribution is -2.29. The molecule has 0 saturated carbocycles. The molecule has 2 atom stereocenters. The van der Waals surface area contributed by atoms with E-state index in [-0.39, 0.29) is 18.2 Å². The summed E-state index contributed by atoms with van der Waals surface area (Å²) in [5.41, 5.74) is 2.03. The monoisotopic (exact) mass is 409 g/mol. The van der Waals surface area contributed by atoms with Crippen LogP contribution in [0.3, 0.4) is 0 Å². The summed E-state index contributed by atoms with van der Waals surface area (Å²) in [7, 11) is 0. The number of ether oxygens (including phenoxy) is 1. The van der Waals surface area contributed by atoms with Crippen LogP contribution < -0.4 is 15.0 Å². The molecule has 1 saturated heterocycles. The van der Waals surface area contributed by atoms with E-state index in [0.29, 0.717) is 5.11 Å². The second-order valence-corrected chi connectivity index (χ2v) is 8.81. The van der Waals surface area contributed by atoms with Crippen LogP contribution in [0.5, 0.6) is 5.75 Å². The van der Waals surface area contributed by atoms with Gasteiger partial charge in [-0.3, -0.25) is 4.98 Å². The predicted molar refractivity (Wildman–Crippen MR) is 119 cm³/mol. The zero-order chi connectivity index (χ0) is 19.7. The molecule has 0 aliphatic carbocycles. The van der Waals surface area contributed by atoms with Gasteiger partial charge in [0, 0.05) is 21.6 Å². The maximum atomic E-state index is 5.79. The van der Waals surface area contributed by atoms with Gasteiger partial charge >= 0.3 is 0 Å². The Bertz CT molecular complexity index is 953. The van der Waals surface area contributed by atoms with Gasteiger partial charge in [0.1, 0.15) is 5.75 Å². The third-order valence-corrected chi connectivity index (χ3v) is 6.02.